The summed E-state index contributed by atoms with van der Waals surface area (Å²) in [5.74, 6) is 1.37. The van der Waals surface area contributed by atoms with E-state index in [1.807, 2.05) is 23.1 Å². The van der Waals surface area contributed by atoms with Crippen LogP contribution >= 0.6 is 11.6 Å². The molecule has 0 spiro atoms. The molecule has 1 heterocycles. The summed E-state index contributed by atoms with van der Waals surface area (Å²) in [4.78, 5) is 13.8. The molecule has 1 N–H and O–H groups in total. The summed E-state index contributed by atoms with van der Waals surface area (Å²) in [5, 5.41) is 3.46. The van der Waals surface area contributed by atoms with Crippen LogP contribution in [0.25, 0.3) is 0 Å². The first-order valence-electron chi connectivity index (χ1n) is 7.07. The Labute approximate surface area is 125 Å². The molecule has 110 valence electrons. The molecule has 0 unspecified atom stereocenters. The Kier molecular flexibility index (Phi) is 5.53. The lowest BCUT2D eigenvalue weighted by molar-refractivity contribution is 0.172. The molecule has 1 aromatic carbocycles. The summed E-state index contributed by atoms with van der Waals surface area (Å²) < 4.78 is 5.53. The molecule has 1 fully saturated rings. The van der Waals surface area contributed by atoms with Gasteiger partial charge in [-0.15, -0.1) is 0 Å². The number of para-hydroxylation sites is 1. The van der Waals surface area contributed by atoms with Gasteiger partial charge in [-0.1, -0.05) is 30.7 Å². The molecule has 4 nitrogen and oxygen atoms in total. The van der Waals surface area contributed by atoms with E-state index < -0.39 is 0 Å². The third-order valence-electron chi connectivity index (χ3n) is 3.54. The van der Waals surface area contributed by atoms with Crippen LogP contribution in [-0.4, -0.2) is 37.2 Å². The number of amides is 2. The third kappa shape index (κ3) is 4.30. The number of carbonyl (C=O) groups is 1. The number of hydrogen-bond acceptors (Lipinski definition) is 2. The standard InChI is InChI=1S/C15H21ClN2O2/c1-12-6-9-18(10-7-12)15(19)17-8-11-20-14-5-3-2-4-13(14)16/h2-5,12H,6-11H2,1H3,(H,17,19). The molecule has 5 heteroatoms. The first kappa shape index (κ1) is 15.0. The average molecular weight is 297 g/mol. The molecule has 1 aliphatic heterocycles. The van der Waals surface area contributed by atoms with Crippen molar-refractivity contribution in [1.82, 2.24) is 10.2 Å². The minimum Gasteiger partial charge on any atom is -0.490 e. The van der Waals surface area contributed by atoms with Gasteiger partial charge in [-0.25, -0.2) is 4.79 Å². The van der Waals surface area contributed by atoms with Crippen LogP contribution in [-0.2, 0) is 0 Å². The first-order valence-corrected chi connectivity index (χ1v) is 7.44. The number of carbonyl (C=O) groups excluding carboxylic acids is 1. The van der Waals surface area contributed by atoms with E-state index in [2.05, 4.69) is 12.2 Å². The highest BCUT2D eigenvalue weighted by molar-refractivity contribution is 6.32. The monoisotopic (exact) mass is 296 g/mol. The van der Waals surface area contributed by atoms with Gasteiger partial charge in [0.25, 0.3) is 0 Å². The molecule has 2 rings (SSSR count). The number of benzene rings is 1. The van der Waals surface area contributed by atoms with Crippen molar-refractivity contribution in [3.8, 4) is 5.75 Å². The fourth-order valence-electron chi connectivity index (χ4n) is 2.20. The molecule has 0 saturated carbocycles. The second-order valence-corrected chi connectivity index (χ2v) is 5.59. The van der Waals surface area contributed by atoms with Gasteiger partial charge in [0.2, 0.25) is 0 Å². The second-order valence-electron chi connectivity index (χ2n) is 5.18. The van der Waals surface area contributed by atoms with E-state index in [0.29, 0.717) is 23.9 Å². The maximum atomic E-state index is 11.9. The summed E-state index contributed by atoms with van der Waals surface area (Å²) >= 11 is 5.98. The normalized spacial score (nSPS) is 16.0. The molecule has 0 aromatic heterocycles. The minimum absolute atomic E-state index is 0.000316. The predicted molar refractivity (Wildman–Crippen MR) is 80.3 cm³/mol. The molecule has 2 amide bonds. The summed E-state index contributed by atoms with van der Waals surface area (Å²) in [6.45, 7) is 4.82. The van der Waals surface area contributed by atoms with Crippen LogP contribution < -0.4 is 10.1 Å². The molecule has 0 bridgehead atoms. The third-order valence-corrected chi connectivity index (χ3v) is 3.86. The fraction of sp³-hybridized carbons (Fsp3) is 0.533. The van der Waals surface area contributed by atoms with Crippen LogP contribution in [0, 0.1) is 5.92 Å². The van der Waals surface area contributed by atoms with E-state index in [-0.39, 0.29) is 6.03 Å². The zero-order valence-corrected chi connectivity index (χ0v) is 12.5. The quantitative estimate of drug-likeness (QED) is 0.867. The highest BCUT2D eigenvalue weighted by atomic mass is 35.5. The highest BCUT2D eigenvalue weighted by Gasteiger charge is 2.19. The molecule has 1 saturated heterocycles. The summed E-state index contributed by atoms with van der Waals surface area (Å²) in [6, 6.07) is 7.32. The van der Waals surface area contributed by atoms with Crippen molar-refractivity contribution in [1.29, 1.82) is 0 Å². The van der Waals surface area contributed by atoms with Crippen molar-refractivity contribution < 1.29 is 9.53 Å². The van der Waals surface area contributed by atoms with Gasteiger partial charge in [0, 0.05) is 13.1 Å². The zero-order chi connectivity index (χ0) is 14.4. The summed E-state index contributed by atoms with van der Waals surface area (Å²) in [7, 11) is 0. The molecule has 1 aliphatic rings. The number of hydrogen-bond donors (Lipinski definition) is 1. The number of nitrogens with one attached hydrogen (secondary N) is 1. The number of nitrogens with zero attached hydrogens (tertiary/aromatic N) is 1. The van der Waals surface area contributed by atoms with Gasteiger partial charge in [-0.2, -0.15) is 0 Å². The second kappa shape index (κ2) is 7.39. The zero-order valence-electron chi connectivity index (χ0n) is 11.8. The van der Waals surface area contributed by atoms with Gasteiger partial charge < -0.3 is 15.0 Å². The van der Waals surface area contributed by atoms with Crippen molar-refractivity contribution in [3.05, 3.63) is 29.3 Å². The van der Waals surface area contributed by atoms with Crippen molar-refractivity contribution in [3.63, 3.8) is 0 Å². The Hall–Kier alpha value is -1.42. The fourth-order valence-corrected chi connectivity index (χ4v) is 2.39. The lowest BCUT2D eigenvalue weighted by Crippen LogP contribution is -2.45. The SMILES string of the molecule is CC1CCN(C(=O)NCCOc2ccccc2Cl)CC1. The Morgan fingerprint density at radius 1 is 1.40 bits per heavy atom. The topological polar surface area (TPSA) is 41.6 Å². The smallest absolute Gasteiger partial charge is 0.317 e. The number of rotatable bonds is 4. The number of halogens is 1. The summed E-state index contributed by atoms with van der Waals surface area (Å²) in [6.07, 6.45) is 2.17. The Morgan fingerprint density at radius 2 is 2.10 bits per heavy atom. The van der Waals surface area contributed by atoms with Gasteiger partial charge in [-0.05, 0) is 30.9 Å². The van der Waals surface area contributed by atoms with Crippen molar-refractivity contribution >= 4 is 17.6 Å². The van der Waals surface area contributed by atoms with Gasteiger partial charge in [0.15, 0.2) is 0 Å². The summed E-state index contributed by atoms with van der Waals surface area (Å²) in [5.41, 5.74) is 0. The first-order chi connectivity index (χ1) is 9.66. The van der Waals surface area contributed by atoms with Gasteiger partial charge in [0.1, 0.15) is 12.4 Å². The van der Waals surface area contributed by atoms with Crippen LogP contribution in [0.3, 0.4) is 0 Å². The largest absolute Gasteiger partial charge is 0.490 e. The van der Waals surface area contributed by atoms with Crippen molar-refractivity contribution in [2.24, 2.45) is 5.92 Å². The number of ether oxygens (including phenoxy) is 1. The molecule has 20 heavy (non-hydrogen) atoms. The van der Waals surface area contributed by atoms with E-state index in [0.717, 1.165) is 31.8 Å². The average Bonchev–Trinajstić information content (AvgIpc) is 2.46. The number of likely N-dealkylation sites (tertiary alicyclic amines) is 1. The van der Waals surface area contributed by atoms with Crippen molar-refractivity contribution in [2.75, 3.05) is 26.2 Å². The minimum atomic E-state index is -0.000316. The molecule has 0 radical (unpaired) electrons. The van der Waals surface area contributed by atoms with Gasteiger partial charge in [-0.3, -0.25) is 0 Å². The van der Waals surface area contributed by atoms with Gasteiger partial charge in [0.05, 0.1) is 11.6 Å². The Balaban J connectivity index is 1.66. The van der Waals surface area contributed by atoms with E-state index in [1.165, 1.54) is 0 Å². The maximum Gasteiger partial charge on any atom is 0.317 e. The van der Waals surface area contributed by atoms with Gasteiger partial charge >= 0.3 is 6.03 Å². The number of piperidine rings is 1. The lowest BCUT2D eigenvalue weighted by Gasteiger charge is -2.30. The van der Waals surface area contributed by atoms with Crippen LogP contribution in [0.15, 0.2) is 24.3 Å². The Morgan fingerprint density at radius 3 is 2.80 bits per heavy atom. The molecule has 0 atom stereocenters. The highest BCUT2D eigenvalue weighted by Crippen LogP contribution is 2.22. The maximum absolute atomic E-state index is 11.9. The van der Waals surface area contributed by atoms with E-state index in [1.54, 1.807) is 6.07 Å². The number of urea groups is 1. The van der Waals surface area contributed by atoms with E-state index >= 15 is 0 Å². The molecule has 0 aliphatic carbocycles. The van der Waals surface area contributed by atoms with Crippen LogP contribution in [0.4, 0.5) is 4.79 Å². The molecular formula is C15H21ClN2O2. The Bertz CT molecular complexity index is 445. The van der Waals surface area contributed by atoms with Crippen LogP contribution in [0.5, 0.6) is 5.75 Å². The van der Waals surface area contributed by atoms with E-state index in [4.69, 9.17) is 16.3 Å². The van der Waals surface area contributed by atoms with Crippen LogP contribution in [0.2, 0.25) is 5.02 Å². The molecular weight excluding hydrogens is 276 g/mol. The van der Waals surface area contributed by atoms with Crippen LogP contribution in [0.1, 0.15) is 19.8 Å². The van der Waals surface area contributed by atoms with E-state index in [9.17, 15) is 4.79 Å². The van der Waals surface area contributed by atoms with Crippen molar-refractivity contribution in [2.45, 2.75) is 19.8 Å². The lowest BCUT2D eigenvalue weighted by atomic mass is 10.00. The predicted octanol–water partition coefficient (Wildman–Crippen LogP) is 3.16. The molecule has 1 aromatic rings.